The maximum atomic E-state index is 12.1. The third-order valence-corrected chi connectivity index (χ3v) is 3.98. The van der Waals surface area contributed by atoms with Gasteiger partial charge in [-0.05, 0) is 30.2 Å². The first-order chi connectivity index (χ1) is 9.63. The molecule has 1 aromatic heterocycles. The summed E-state index contributed by atoms with van der Waals surface area (Å²) in [5, 5.41) is 12.1. The first kappa shape index (κ1) is 14.9. The number of unbranched alkanes of at least 4 members (excludes halogenated alkanes) is 1. The van der Waals surface area contributed by atoms with Crippen LogP contribution in [0.4, 0.5) is 0 Å². The molecule has 1 aromatic rings. The van der Waals surface area contributed by atoms with Crippen LogP contribution in [-0.4, -0.2) is 51.3 Å². The Balaban J connectivity index is 2.24. The molecular formula is C13H23N5O2. The number of aromatic nitrogens is 4. The summed E-state index contributed by atoms with van der Waals surface area (Å²) >= 11 is 0. The Morgan fingerprint density at radius 1 is 1.40 bits per heavy atom. The molecule has 1 amide bonds. The highest BCUT2D eigenvalue weighted by Crippen LogP contribution is 2.37. The number of carbonyl (C=O) groups is 1. The van der Waals surface area contributed by atoms with E-state index < -0.39 is 5.54 Å². The van der Waals surface area contributed by atoms with E-state index >= 15 is 0 Å². The predicted molar refractivity (Wildman–Crippen MR) is 72.9 cm³/mol. The Kier molecular flexibility index (Phi) is 4.69. The number of likely N-dealkylation sites (tertiary alicyclic amines) is 1. The lowest BCUT2D eigenvalue weighted by molar-refractivity contribution is -0.132. The second-order valence-corrected chi connectivity index (χ2v) is 5.39. The molecule has 1 fully saturated rings. The lowest BCUT2D eigenvalue weighted by atomic mass is 9.97. The van der Waals surface area contributed by atoms with Crippen molar-refractivity contribution in [3.63, 3.8) is 0 Å². The van der Waals surface area contributed by atoms with Crippen LogP contribution in [0.25, 0.3) is 0 Å². The molecule has 0 spiro atoms. The second-order valence-electron chi connectivity index (χ2n) is 5.39. The Morgan fingerprint density at radius 3 is 2.90 bits per heavy atom. The summed E-state index contributed by atoms with van der Waals surface area (Å²) in [6.07, 6.45) is 3.41. The second kappa shape index (κ2) is 6.30. The number of carbonyl (C=O) groups excluding carboxylic acids is 1. The van der Waals surface area contributed by atoms with E-state index in [9.17, 15) is 4.79 Å². The van der Waals surface area contributed by atoms with Crippen molar-refractivity contribution in [1.82, 2.24) is 25.1 Å². The molecule has 7 heteroatoms. The SMILES string of the molecule is CCCCn1nnnc1C1(C)CCC(=O)N1CCOC. The number of nitrogens with zero attached hydrogens (tertiary/aromatic N) is 5. The van der Waals surface area contributed by atoms with Gasteiger partial charge in [-0.25, -0.2) is 4.68 Å². The van der Waals surface area contributed by atoms with Gasteiger partial charge >= 0.3 is 0 Å². The maximum Gasteiger partial charge on any atom is 0.223 e. The number of hydrogen-bond acceptors (Lipinski definition) is 5. The summed E-state index contributed by atoms with van der Waals surface area (Å²) in [4.78, 5) is 14.0. The van der Waals surface area contributed by atoms with Gasteiger partial charge in [-0.1, -0.05) is 13.3 Å². The molecule has 2 rings (SSSR count). The van der Waals surface area contributed by atoms with E-state index in [1.165, 1.54) is 0 Å². The Morgan fingerprint density at radius 2 is 2.20 bits per heavy atom. The highest BCUT2D eigenvalue weighted by Gasteiger charge is 2.46. The van der Waals surface area contributed by atoms with Crippen LogP contribution in [0.5, 0.6) is 0 Å². The lowest BCUT2D eigenvalue weighted by Crippen LogP contribution is -2.44. The van der Waals surface area contributed by atoms with Gasteiger partial charge in [0.05, 0.1) is 6.61 Å². The monoisotopic (exact) mass is 281 g/mol. The van der Waals surface area contributed by atoms with Crippen molar-refractivity contribution >= 4 is 5.91 Å². The number of methoxy groups -OCH3 is 1. The van der Waals surface area contributed by atoms with Gasteiger partial charge in [0, 0.05) is 26.6 Å². The van der Waals surface area contributed by atoms with Crippen molar-refractivity contribution in [3.8, 4) is 0 Å². The molecule has 0 bridgehead atoms. The summed E-state index contributed by atoms with van der Waals surface area (Å²) in [7, 11) is 1.64. The molecule has 1 saturated heterocycles. The predicted octanol–water partition coefficient (Wildman–Crippen LogP) is 0.957. The van der Waals surface area contributed by atoms with Crippen LogP contribution in [-0.2, 0) is 21.6 Å². The fourth-order valence-corrected chi connectivity index (χ4v) is 2.73. The largest absolute Gasteiger partial charge is 0.383 e. The Bertz CT molecular complexity index is 461. The van der Waals surface area contributed by atoms with Crippen LogP contribution >= 0.6 is 0 Å². The van der Waals surface area contributed by atoms with E-state index in [4.69, 9.17) is 4.74 Å². The van der Waals surface area contributed by atoms with Crippen LogP contribution < -0.4 is 0 Å². The highest BCUT2D eigenvalue weighted by molar-refractivity contribution is 5.79. The molecule has 0 radical (unpaired) electrons. The maximum absolute atomic E-state index is 12.1. The van der Waals surface area contributed by atoms with Crippen molar-refractivity contribution < 1.29 is 9.53 Å². The first-order valence-electron chi connectivity index (χ1n) is 7.19. The molecular weight excluding hydrogens is 258 g/mol. The summed E-state index contributed by atoms with van der Waals surface area (Å²) in [6, 6.07) is 0. The molecule has 1 unspecified atom stereocenters. The zero-order valence-corrected chi connectivity index (χ0v) is 12.5. The first-order valence-corrected chi connectivity index (χ1v) is 7.19. The molecule has 0 N–H and O–H groups in total. The molecule has 1 atom stereocenters. The van der Waals surface area contributed by atoms with Crippen molar-refractivity contribution in [2.75, 3.05) is 20.3 Å². The van der Waals surface area contributed by atoms with Crippen molar-refractivity contribution in [2.45, 2.75) is 51.6 Å². The van der Waals surface area contributed by atoms with Gasteiger partial charge in [-0.15, -0.1) is 5.10 Å². The van der Waals surface area contributed by atoms with Gasteiger partial charge in [0.25, 0.3) is 0 Å². The van der Waals surface area contributed by atoms with E-state index in [-0.39, 0.29) is 5.91 Å². The van der Waals surface area contributed by atoms with E-state index in [1.807, 2.05) is 16.5 Å². The quantitative estimate of drug-likeness (QED) is 0.744. The van der Waals surface area contributed by atoms with Gasteiger partial charge in [0.15, 0.2) is 5.82 Å². The minimum atomic E-state index is -0.424. The minimum absolute atomic E-state index is 0.148. The van der Waals surface area contributed by atoms with Crippen LogP contribution in [0.15, 0.2) is 0 Å². The standard InChI is InChI=1S/C13H23N5O2/c1-4-5-8-18-12(14-15-16-18)13(2)7-6-11(19)17(13)9-10-20-3/h4-10H2,1-3H3. The fourth-order valence-electron chi connectivity index (χ4n) is 2.73. The molecule has 0 aliphatic carbocycles. The normalized spacial score (nSPS) is 22.8. The van der Waals surface area contributed by atoms with Gasteiger partial charge < -0.3 is 9.64 Å². The van der Waals surface area contributed by atoms with E-state index in [0.29, 0.717) is 19.6 Å². The number of rotatable bonds is 7. The highest BCUT2D eigenvalue weighted by atomic mass is 16.5. The van der Waals surface area contributed by atoms with Crippen molar-refractivity contribution in [3.05, 3.63) is 5.82 Å². The van der Waals surface area contributed by atoms with Crippen LogP contribution in [0, 0.1) is 0 Å². The smallest absolute Gasteiger partial charge is 0.223 e. The van der Waals surface area contributed by atoms with Crippen molar-refractivity contribution in [1.29, 1.82) is 0 Å². The average molecular weight is 281 g/mol. The fraction of sp³-hybridized carbons (Fsp3) is 0.846. The van der Waals surface area contributed by atoms with E-state index in [2.05, 4.69) is 22.4 Å². The zero-order valence-electron chi connectivity index (χ0n) is 12.5. The Hall–Kier alpha value is -1.50. The minimum Gasteiger partial charge on any atom is -0.383 e. The molecule has 0 saturated carbocycles. The molecule has 0 aromatic carbocycles. The summed E-state index contributed by atoms with van der Waals surface area (Å²) < 4.78 is 6.94. The number of ether oxygens (including phenoxy) is 1. The number of amides is 1. The number of tetrazole rings is 1. The summed E-state index contributed by atoms with van der Waals surface area (Å²) in [6.45, 7) is 6.07. The third-order valence-electron chi connectivity index (χ3n) is 3.98. The summed E-state index contributed by atoms with van der Waals surface area (Å²) in [5.41, 5.74) is -0.424. The van der Waals surface area contributed by atoms with Crippen LogP contribution in [0.3, 0.4) is 0 Å². The van der Waals surface area contributed by atoms with Crippen LogP contribution in [0.1, 0.15) is 45.4 Å². The Labute approximate surface area is 119 Å². The summed E-state index contributed by atoms with van der Waals surface area (Å²) in [5.74, 6) is 0.933. The van der Waals surface area contributed by atoms with E-state index in [0.717, 1.165) is 31.6 Å². The molecule has 7 nitrogen and oxygen atoms in total. The third kappa shape index (κ3) is 2.67. The van der Waals surface area contributed by atoms with Gasteiger partial charge in [0.1, 0.15) is 5.54 Å². The van der Waals surface area contributed by atoms with Crippen LogP contribution in [0.2, 0.25) is 0 Å². The average Bonchev–Trinajstić information content (AvgIpc) is 3.01. The molecule has 112 valence electrons. The van der Waals surface area contributed by atoms with Gasteiger partial charge in [-0.3, -0.25) is 4.79 Å². The van der Waals surface area contributed by atoms with E-state index in [1.54, 1.807) is 7.11 Å². The molecule has 1 aliphatic heterocycles. The van der Waals surface area contributed by atoms with Gasteiger partial charge in [0.2, 0.25) is 5.91 Å². The molecule has 20 heavy (non-hydrogen) atoms. The topological polar surface area (TPSA) is 73.1 Å². The molecule has 2 heterocycles. The van der Waals surface area contributed by atoms with Crippen molar-refractivity contribution in [2.24, 2.45) is 0 Å². The molecule has 1 aliphatic rings. The number of hydrogen-bond donors (Lipinski definition) is 0. The lowest BCUT2D eigenvalue weighted by Gasteiger charge is -2.33. The van der Waals surface area contributed by atoms with Gasteiger partial charge in [-0.2, -0.15) is 0 Å². The number of aryl methyl sites for hydroxylation is 1. The zero-order chi connectivity index (χ0) is 14.6.